The van der Waals surface area contributed by atoms with E-state index in [0.29, 0.717) is 13.2 Å². The Morgan fingerprint density at radius 3 is 2.43 bits per heavy atom. The van der Waals surface area contributed by atoms with E-state index in [9.17, 15) is 5.11 Å². The van der Waals surface area contributed by atoms with Crippen molar-refractivity contribution >= 4 is 0 Å². The lowest BCUT2D eigenvalue weighted by atomic mass is 9.86. The first-order chi connectivity index (χ1) is 9.90. The Bertz CT molecular complexity index is 550. The molecule has 1 aliphatic carbocycles. The van der Waals surface area contributed by atoms with Crippen LogP contribution in [0.3, 0.4) is 0 Å². The molecule has 114 valence electrons. The molecule has 1 aromatic rings. The Balaban J connectivity index is 1.99. The monoisotopic (exact) mass is 288 g/mol. The molecule has 1 saturated heterocycles. The van der Waals surface area contributed by atoms with Crippen molar-refractivity contribution in [1.29, 1.82) is 0 Å². The van der Waals surface area contributed by atoms with Gasteiger partial charge in [0.25, 0.3) is 0 Å². The van der Waals surface area contributed by atoms with Gasteiger partial charge in [-0.1, -0.05) is 50.6 Å². The highest BCUT2D eigenvalue weighted by molar-refractivity contribution is 5.40. The van der Waals surface area contributed by atoms with E-state index in [0.717, 1.165) is 24.0 Å². The Kier molecular flexibility index (Phi) is 3.68. The number of ether oxygens (including phenoxy) is 2. The highest BCUT2D eigenvalue weighted by Gasteiger charge is 2.38. The smallest absolute Gasteiger partial charge is 0.184 e. The van der Waals surface area contributed by atoms with Gasteiger partial charge in [0.1, 0.15) is 5.60 Å². The van der Waals surface area contributed by atoms with Gasteiger partial charge < -0.3 is 14.6 Å². The SMILES string of the molecule is CC(C)(C)C1=CC(O)(c2ccccc2C2OCCO2)CC1. The Hall–Kier alpha value is -1.16. The van der Waals surface area contributed by atoms with Crippen LogP contribution >= 0.6 is 0 Å². The molecule has 0 saturated carbocycles. The van der Waals surface area contributed by atoms with Crippen molar-refractivity contribution in [3.63, 3.8) is 0 Å². The fourth-order valence-corrected chi connectivity index (χ4v) is 3.20. The maximum absolute atomic E-state index is 11.2. The van der Waals surface area contributed by atoms with Gasteiger partial charge in [-0.3, -0.25) is 0 Å². The summed E-state index contributed by atoms with van der Waals surface area (Å²) < 4.78 is 11.2. The summed E-state index contributed by atoms with van der Waals surface area (Å²) in [6, 6.07) is 7.92. The van der Waals surface area contributed by atoms with Crippen molar-refractivity contribution in [3.05, 3.63) is 47.0 Å². The predicted molar refractivity (Wildman–Crippen MR) is 81.8 cm³/mol. The van der Waals surface area contributed by atoms with Crippen LogP contribution in [0.1, 0.15) is 51.0 Å². The summed E-state index contributed by atoms with van der Waals surface area (Å²) in [6.45, 7) is 7.81. The highest BCUT2D eigenvalue weighted by atomic mass is 16.7. The number of allylic oxidation sites excluding steroid dienone is 1. The first-order valence-corrected chi connectivity index (χ1v) is 7.67. The Morgan fingerprint density at radius 1 is 1.14 bits per heavy atom. The number of hydrogen-bond acceptors (Lipinski definition) is 3. The fourth-order valence-electron chi connectivity index (χ4n) is 3.20. The molecule has 0 amide bonds. The average molecular weight is 288 g/mol. The molecular formula is C18H24O3. The second kappa shape index (κ2) is 5.24. The molecule has 3 nitrogen and oxygen atoms in total. The molecule has 1 fully saturated rings. The van der Waals surface area contributed by atoms with Crippen molar-refractivity contribution in [2.24, 2.45) is 5.41 Å². The quantitative estimate of drug-likeness (QED) is 0.844. The van der Waals surface area contributed by atoms with E-state index in [2.05, 4.69) is 20.8 Å². The van der Waals surface area contributed by atoms with Gasteiger partial charge in [-0.2, -0.15) is 0 Å². The molecule has 1 heterocycles. The van der Waals surface area contributed by atoms with Gasteiger partial charge in [-0.15, -0.1) is 0 Å². The molecule has 21 heavy (non-hydrogen) atoms. The summed E-state index contributed by atoms with van der Waals surface area (Å²) in [6.07, 6.45) is 3.35. The van der Waals surface area contributed by atoms with Gasteiger partial charge >= 0.3 is 0 Å². The largest absolute Gasteiger partial charge is 0.381 e. The summed E-state index contributed by atoms with van der Waals surface area (Å²) in [5.41, 5.74) is 2.36. The normalized spacial score (nSPS) is 27.1. The van der Waals surface area contributed by atoms with Crippen LogP contribution in [0.15, 0.2) is 35.9 Å². The highest BCUT2D eigenvalue weighted by Crippen LogP contribution is 2.45. The van der Waals surface area contributed by atoms with Crippen LogP contribution in [0.2, 0.25) is 0 Å². The van der Waals surface area contributed by atoms with Crippen LogP contribution < -0.4 is 0 Å². The third-order valence-corrected chi connectivity index (χ3v) is 4.45. The second-order valence-electron chi connectivity index (χ2n) is 7.00. The van der Waals surface area contributed by atoms with Crippen LogP contribution in [-0.2, 0) is 15.1 Å². The zero-order valence-corrected chi connectivity index (χ0v) is 13.1. The molecule has 1 atom stereocenters. The van der Waals surface area contributed by atoms with E-state index < -0.39 is 5.60 Å². The van der Waals surface area contributed by atoms with E-state index in [4.69, 9.17) is 9.47 Å². The lowest BCUT2D eigenvalue weighted by Gasteiger charge is -2.26. The van der Waals surface area contributed by atoms with Crippen LogP contribution in [0, 0.1) is 5.41 Å². The number of benzene rings is 1. The summed E-state index contributed by atoms with van der Waals surface area (Å²) in [7, 11) is 0. The van der Waals surface area contributed by atoms with Crippen LogP contribution in [0.4, 0.5) is 0 Å². The van der Waals surface area contributed by atoms with Gasteiger partial charge in [0.2, 0.25) is 0 Å². The molecule has 3 heteroatoms. The first-order valence-electron chi connectivity index (χ1n) is 7.67. The third-order valence-electron chi connectivity index (χ3n) is 4.45. The van der Waals surface area contributed by atoms with Gasteiger partial charge in [0, 0.05) is 5.56 Å². The molecule has 0 bridgehead atoms. The minimum Gasteiger partial charge on any atom is -0.381 e. The standard InChI is InChI=1S/C18H24O3/c1-17(2,3)13-8-9-18(19,12-13)15-7-5-4-6-14(15)16-20-10-11-21-16/h4-7,12,16,19H,8-11H2,1-3H3. The molecular weight excluding hydrogens is 264 g/mol. The molecule has 0 spiro atoms. The molecule has 3 rings (SSSR count). The number of rotatable bonds is 2. The van der Waals surface area contributed by atoms with E-state index in [1.165, 1.54) is 5.57 Å². The zero-order chi connectivity index (χ0) is 15.1. The molecule has 1 N–H and O–H groups in total. The number of hydrogen-bond donors (Lipinski definition) is 1. The van der Waals surface area contributed by atoms with Crippen molar-refractivity contribution in [3.8, 4) is 0 Å². The van der Waals surface area contributed by atoms with E-state index in [-0.39, 0.29) is 11.7 Å². The van der Waals surface area contributed by atoms with E-state index in [1.54, 1.807) is 0 Å². The molecule has 1 aliphatic heterocycles. The average Bonchev–Trinajstić information content (AvgIpc) is 3.08. The topological polar surface area (TPSA) is 38.7 Å². The minimum absolute atomic E-state index is 0.0970. The summed E-state index contributed by atoms with van der Waals surface area (Å²) in [5.74, 6) is 0. The van der Waals surface area contributed by atoms with Gasteiger partial charge in [0.05, 0.1) is 13.2 Å². The lowest BCUT2D eigenvalue weighted by molar-refractivity contribution is -0.0475. The summed E-state index contributed by atoms with van der Waals surface area (Å²) in [5, 5.41) is 11.2. The van der Waals surface area contributed by atoms with Gasteiger partial charge in [0.15, 0.2) is 6.29 Å². The van der Waals surface area contributed by atoms with Gasteiger partial charge in [-0.25, -0.2) is 0 Å². The number of aliphatic hydroxyl groups is 1. The third kappa shape index (κ3) is 2.78. The maximum Gasteiger partial charge on any atom is 0.184 e. The van der Waals surface area contributed by atoms with Crippen LogP contribution in [0.25, 0.3) is 0 Å². The maximum atomic E-state index is 11.2. The summed E-state index contributed by atoms with van der Waals surface area (Å²) in [4.78, 5) is 0. The second-order valence-corrected chi connectivity index (χ2v) is 7.00. The first kappa shape index (κ1) is 14.8. The van der Waals surface area contributed by atoms with E-state index in [1.807, 2.05) is 30.3 Å². The molecule has 0 aromatic heterocycles. The van der Waals surface area contributed by atoms with Crippen molar-refractivity contribution < 1.29 is 14.6 Å². The molecule has 0 radical (unpaired) electrons. The molecule has 1 aromatic carbocycles. The minimum atomic E-state index is -0.908. The van der Waals surface area contributed by atoms with Crippen LogP contribution in [-0.4, -0.2) is 18.3 Å². The fraction of sp³-hybridized carbons (Fsp3) is 0.556. The molecule has 1 unspecified atom stereocenters. The summed E-state index contributed by atoms with van der Waals surface area (Å²) >= 11 is 0. The van der Waals surface area contributed by atoms with Crippen molar-refractivity contribution in [2.45, 2.75) is 45.5 Å². The molecule has 2 aliphatic rings. The van der Waals surface area contributed by atoms with Crippen molar-refractivity contribution in [1.82, 2.24) is 0 Å². The van der Waals surface area contributed by atoms with Crippen LogP contribution in [0.5, 0.6) is 0 Å². The van der Waals surface area contributed by atoms with Crippen molar-refractivity contribution in [2.75, 3.05) is 13.2 Å². The zero-order valence-electron chi connectivity index (χ0n) is 13.1. The predicted octanol–water partition coefficient (Wildman–Crippen LogP) is 3.69. The van der Waals surface area contributed by atoms with E-state index >= 15 is 0 Å². The Morgan fingerprint density at radius 2 is 1.81 bits per heavy atom. The Labute approximate surface area is 126 Å². The van der Waals surface area contributed by atoms with Gasteiger partial charge in [-0.05, 0) is 29.9 Å². The lowest BCUT2D eigenvalue weighted by Crippen LogP contribution is -2.23.